The molecular weight excluding hydrogens is 427 g/mol. The summed E-state index contributed by atoms with van der Waals surface area (Å²) in [7, 11) is 1.69. The SMILES string of the molecule is CCNC(=NCc1ccc(C)cc1OC)NCc1ncccc1C.I. The van der Waals surface area contributed by atoms with Crippen molar-refractivity contribution in [3.63, 3.8) is 0 Å². The highest BCUT2D eigenvalue weighted by Crippen LogP contribution is 2.20. The first-order valence-electron chi connectivity index (χ1n) is 8.20. The quantitative estimate of drug-likeness (QED) is 0.398. The predicted octanol–water partition coefficient (Wildman–Crippen LogP) is 3.58. The zero-order valence-corrected chi connectivity index (χ0v) is 17.6. The van der Waals surface area contributed by atoms with Crippen molar-refractivity contribution in [2.45, 2.75) is 33.9 Å². The summed E-state index contributed by atoms with van der Waals surface area (Å²) in [6.07, 6.45) is 1.81. The molecule has 1 heterocycles. The summed E-state index contributed by atoms with van der Waals surface area (Å²) >= 11 is 0. The van der Waals surface area contributed by atoms with Gasteiger partial charge in [-0.1, -0.05) is 18.2 Å². The Bertz CT molecular complexity index is 704. The minimum absolute atomic E-state index is 0. The number of benzene rings is 1. The molecule has 6 heteroatoms. The van der Waals surface area contributed by atoms with Crippen LogP contribution >= 0.6 is 24.0 Å². The number of hydrogen-bond acceptors (Lipinski definition) is 3. The van der Waals surface area contributed by atoms with E-state index in [9.17, 15) is 0 Å². The van der Waals surface area contributed by atoms with Crippen molar-refractivity contribution in [2.75, 3.05) is 13.7 Å². The summed E-state index contributed by atoms with van der Waals surface area (Å²) in [4.78, 5) is 9.05. The largest absolute Gasteiger partial charge is 0.496 e. The minimum atomic E-state index is 0. The van der Waals surface area contributed by atoms with Crippen LogP contribution in [-0.4, -0.2) is 24.6 Å². The van der Waals surface area contributed by atoms with Crippen LogP contribution in [0.5, 0.6) is 5.75 Å². The summed E-state index contributed by atoms with van der Waals surface area (Å²) in [5, 5.41) is 6.59. The number of rotatable bonds is 6. The van der Waals surface area contributed by atoms with Crippen LogP contribution in [0.3, 0.4) is 0 Å². The molecule has 0 radical (unpaired) electrons. The van der Waals surface area contributed by atoms with Crippen molar-refractivity contribution in [2.24, 2.45) is 4.99 Å². The van der Waals surface area contributed by atoms with Crippen LogP contribution in [0.1, 0.15) is 29.3 Å². The third kappa shape index (κ3) is 6.53. The summed E-state index contributed by atoms with van der Waals surface area (Å²) in [5.41, 5.74) is 4.43. The second kappa shape index (κ2) is 10.9. The van der Waals surface area contributed by atoms with E-state index in [2.05, 4.69) is 59.6 Å². The maximum atomic E-state index is 5.44. The summed E-state index contributed by atoms with van der Waals surface area (Å²) in [5.74, 6) is 1.64. The highest BCUT2D eigenvalue weighted by molar-refractivity contribution is 14.0. The Hall–Kier alpha value is -1.83. The molecule has 0 unspecified atom stereocenters. The number of halogens is 1. The standard InChI is InChI=1S/C19H26N4O.HI/c1-5-20-19(23-13-17-15(3)7-6-10-21-17)22-12-16-9-8-14(2)11-18(16)24-4;/h6-11H,5,12-13H2,1-4H3,(H2,20,22,23);1H. The van der Waals surface area contributed by atoms with Gasteiger partial charge >= 0.3 is 0 Å². The molecule has 0 amide bonds. The molecule has 1 aromatic heterocycles. The maximum Gasteiger partial charge on any atom is 0.191 e. The lowest BCUT2D eigenvalue weighted by Crippen LogP contribution is -2.37. The van der Waals surface area contributed by atoms with E-state index >= 15 is 0 Å². The van der Waals surface area contributed by atoms with E-state index in [-0.39, 0.29) is 24.0 Å². The van der Waals surface area contributed by atoms with Crippen LogP contribution in [0.4, 0.5) is 0 Å². The topological polar surface area (TPSA) is 58.5 Å². The number of hydrogen-bond donors (Lipinski definition) is 2. The first kappa shape index (κ1) is 21.2. The fourth-order valence-corrected chi connectivity index (χ4v) is 2.36. The van der Waals surface area contributed by atoms with E-state index in [1.165, 1.54) is 11.1 Å². The minimum Gasteiger partial charge on any atom is -0.496 e. The van der Waals surface area contributed by atoms with Gasteiger partial charge < -0.3 is 15.4 Å². The fraction of sp³-hybridized carbons (Fsp3) is 0.368. The maximum absolute atomic E-state index is 5.44. The van der Waals surface area contributed by atoms with Crippen LogP contribution in [-0.2, 0) is 13.1 Å². The molecule has 0 bridgehead atoms. The van der Waals surface area contributed by atoms with Gasteiger partial charge in [0.15, 0.2) is 5.96 Å². The molecule has 2 N–H and O–H groups in total. The third-order valence-corrected chi connectivity index (χ3v) is 3.74. The van der Waals surface area contributed by atoms with E-state index in [0.717, 1.165) is 29.5 Å². The molecule has 2 aromatic rings. The van der Waals surface area contributed by atoms with Gasteiger partial charge in [0.25, 0.3) is 0 Å². The number of nitrogens with zero attached hydrogens (tertiary/aromatic N) is 2. The van der Waals surface area contributed by atoms with Crippen molar-refractivity contribution in [3.8, 4) is 5.75 Å². The smallest absolute Gasteiger partial charge is 0.191 e. The third-order valence-electron chi connectivity index (χ3n) is 3.74. The van der Waals surface area contributed by atoms with Gasteiger partial charge in [0.1, 0.15) is 5.75 Å². The number of nitrogens with one attached hydrogen (secondary N) is 2. The molecule has 5 nitrogen and oxygen atoms in total. The molecule has 25 heavy (non-hydrogen) atoms. The van der Waals surface area contributed by atoms with E-state index in [0.29, 0.717) is 13.1 Å². The molecule has 0 aliphatic carbocycles. The molecule has 0 aliphatic heterocycles. The number of aryl methyl sites for hydroxylation is 2. The highest BCUT2D eigenvalue weighted by Gasteiger charge is 2.05. The van der Waals surface area contributed by atoms with Gasteiger partial charge in [-0.3, -0.25) is 4.98 Å². The first-order chi connectivity index (χ1) is 11.6. The molecule has 0 saturated carbocycles. The van der Waals surface area contributed by atoms with Gasteiger partial charge in [-0.05, 0) is 44.0 Å². The number of ether oxygens (including phenoxy) is 1. The summed E-state index contributed by atoms with van der Waals surface area (Å²) < 4.78 is 5.44. The Kier molecular flexibility index (Phi) is 9.26. The summed E-state index contributed by atoms with van der Waals surface area (Å²) in [6.45, 7) is 8.17. The van der Waals surface area contributed by atoms with Crippen molar-refractivity contribution in [1.82, 2.24) is 15.6 Å². The summed E-state index contributed by atoms with van der Waals surface area (Å²) in [6, 6.07) is 10.2. The van der Waals surface area contributed by atoms with Crippen LogP contribution in [0, 0.1) is 13.8 Å². The number of pyridine rings is 1. The van der Waals surface area contributed by atoms with Gasteiger partial charge in [-0.15, -0.1) is 24.0 Å². The molecule has 0 spiro atoms. The van der Waals surface area contributed by atoms with Crippen molar-refractivity contribution in [3.05, 3.63) is 58.9 Å². The first-order valence-corrected chi connectivity index (χ1v) is 8.20. The lowest BCUT2D eigenvalue weighted by atomic mass is 10.1. The van der Waals surface area contributed by atoms with Crippen molar-refractivity contribution in [1.29, 1.82) is 0 Å². The second-order valence-electron chi connectivity index (χ2n) is 5.63. The van der Waals surface area contributed by atoms with Crippen LogP contribution in [0.2, 0.25) is 0 Å². The number of aromatic nitrogens is 1. The van der Waals surface area contributed by atoms with Gasteiger partial charge in [-0.25, -0.2) is 4.99 Å². The zero-order chi connectivity index (χ0) is 17.4. The van der Waals surface area contributed by atoms with Crippen molar-refractivity contribution < 1.29 is 4.74 Å². The average molecular weight is 454 g/mol. The van der Waals surface area contributed by atoms with Crippen LogP contribution in [0.25, 0.3) is 0 Å². The molecule has 0 fully saturated rings. The lowest BCUT2D eigenvalue weighted by molar-refractivity contribution is 0.409. The van der Waals surface area contributed by atoms with E-state index in [1.54, 1.807) is 7.11 Å². The second-order valence-corrected chi connectivity index (χ2v) is 5.63. The fourth-order valence-electron chi connectivity index (χ4n) is 2.36. The van der Waals surface area contributed by atoms with Crippen molar-refractivity contribution >= 4 is 29.9 Å². The molecule has 0 saturated heterocycles. The molecule has 136 valence electrons. The Morgan fingerprint density at radius 1 is 1.20 bits per heavy atom. The Labute approximate surface area is 167 Å². The zero-order valence-electron chi connectivity index (χ0n) is 15.3. The molecule has 1 aromatic carbocycles. The predicted molar refractivity (Wildman–Crippen MR) is 114 cm³/mol. The van der Waals surface area contributed by atoms with Crippen LogP contribution in [0.15, 0.2) is 41.5 Å². The highest BCUT2D eigenvalue weighted by atomic mass is 127. The monoisotopic (exact) mass is 454 g/mol. The molecular formula is C19H27IN4O. The molecule has 2 rings (SSSR count). The van der Waals surface area contributed by atoms with Gasteiger partial charge in [-0.2, -0.15) is 0 Å². The van der Waals surface area contributed by atoms with Gasteiger partial charge in [0, 0.05) is 18.3 Å². The normalized spacial score (nSPS) is 10.8. The number of guanidine groups is 1. The number of aliphatic imine (C=N–C) groups is 1. The Morgan fingerprint density at radius 2 is 2.00 bits per heavy atom. The van der Waals surface area contributed by atoms with E-state index in [4.69, 9.17) is 4.74 Å². The Morgan fingerprint density at radius 3 is 2.68 bits per heavy atom. The van der Waals surface area contributed by atoms with Gasteiger partial charge in [0.2, 0.25) is 0 Å². The average Bonchev–Trinajstić information content (AvgIpc) is 2.59. The lowest BCUT2D eigenvalue weighted by Gasteiger charge is -2.13. The van der Waals surface area contributed by atoms with Gasteiger partial charge in [0.05, 0.1) is 25.9 Å². The van der Waals surface area contributed by atoms with Crippen LogP contribution < -0.4 is 15.4 Å². The Balaban J connectivity index is 0.00000312. The number of methoxy groups -OCH3 is 1. The van der Waals surface area contributed by atoms with E-state index in [1.807, 2.05) is 18.3 Å². The van der Waals surface area contributed by atoms with E-state index < -0.39 is 0 Å². The molecule has 0 atom stereocenters. The molecule has 0 aliphatic rings.